The number of anilines is 1. The molecule has 0 bridgehead atoms. The van der Waals surface area contributed by atoms with Crippen molar-refractivity contribution in [3.8, 4) is 0 Å². The highest BCUT2D eigenvalue weighted by Crippen LogP contribution is 2.22. The molecule has 0 atom stereocenters. The molecule has 24 heavy (non-hydrogen) atoms. The van der Waals surface area contributed by atoms with Crippen LogP contribution in [0.1, 0.15) is 12.8 Å². The molecule has 5 heteroatoms. The summed E-state index contributed by atoms with van der Waals surface area (Å²) in [7, 11) is 1.43. The third kappa shape index (κ3) is 3.74. The van der Waals surface area contributed by atoms with Gasteiger partial charge < -0.3 is 15.0 Å². The Morgan fingerprint density at radius 3 is 2.58 bits per heavy atom. The predicted octanol–water partition coefficient (Wildman–Crippen LogP) is 1.25. The Bertz CT molecular complexity index is 731. The van der Waals surface area contributed by atoms with Gasteiger partial charge in [-0.15, -0.1) is 0 Å². The Hall–Kier alpha value is -2.40. The fourth-order valence-electron chi connectivity index (χ4n) is 3.36. The number of esters is 1. The van der Waals surface area contributed by atoms with Gasteiger partial charge in [-0.2, -0.15) is 0 Å². The average Bonchev–Trinajstić information content (AvgIpc) is 2.62. The molecule has 3 rings (SSSR count). The molecule has 0 radical (unpaired) electrons. The van der Waals surface area contributed by atoms with Crippen LogP contribution >= 0.6 is 0 Å². The topological polar surface area (TPSA) is 59.8 Å². The van der Waals surface area contributed by atoms with Gasteiger partial charge in [-0.1, -0.05) is 36.4 Å². The molecule has 1 aliphatic rings. The number of ether oxygens (including phenoxy) is 1. The maximum atomic E-state index is 12.4. The van der Waals surface area contributed by atoms with Gasteiger partial charge in [0.05, 0.1) is 26.1 Å². The van der Waals surface area contributed by atoms with E-state index in [-0.39, 0.29) is 17.8 Å². The van der Waals surface area contributed by atoms with Gasteiger partial charge in [0.2, 0.25) is 0 Å². The Labute approximate surface area is 141 Å². The van der Waals surface area contributed by atoms with E-state index in [9.17, 15) is 9.59 Å². The summed E-state index contributed by atoms with van der Waals surface area (Å²) in [6.45, 7) is 2.07. The number of fused-ring (bicyclic) bond motifs is 1. The minimum absolute atomic E-state index is 0.0119. The van der Waals surface area contributed by atoms with Crippen molar-refractivity contribution in [3.63, 3.8) is 0 Å². The van der Waals surface area contributed by atoms with Crippen LogP contribution in [0.2, 0.25) is 0 Å². The number of piperidine rings is 1. The van der Waals surface area contributed by atoms with Crippen LogP contribution in [0.3, 0.4) is 0 Å². The van der Waals surface area contributed by atoms with Gasteiger partial charge in [-0.25, -0.2) is 0 Å². The summed E-state index contributed by atoms with van der Waals surface area (Å²) in [6.07, 6.45) is 1.56. The summed E-state index contributed by atoms with van der Waals surface area (Å²) in [5.41, 5.74) is 0.849. The SMILES string of the molecule is COC(=O)C1CC[NH+](CC(=O)Nc2cccc3ccccc23)CC1. The first-order valence-electron chi connectivity index (χ1n) is 8.36. The molecule has 0 spiro atoms. The van der Waals surface area contributed by atoms with Crippen molar-refractivity contribution in [3.05, 3.63) is 42.5 Å². The molecule has 5 nitrogen and oxygen atoms in total. The number of carbonyl (C=O) groups is 2. The first kappa shape index (κ1) is 16.5. The van der Waals surface area contributed by atoms with E-state index < -0.39 is 0 Å². The minimum Gasteiger partial charge on any atom is -0.469 e. The second-order valence-corrected chi connectivity index (χ2v) is 6.30. The van der Waals surface area contributed by atoms with Gasteiger partial charge in [0.25, 0.3) is 5.91 Å². The van der Waals surface area contributed by atoms with Crippen LogP contribution in [0.5, 0.6) is 0 Å². The number of carbonyl (C=O) groups excluding carboxylic acids is 2. The molecule has 0 saturated carbocycles. The van der Waals surface area contributed by atoms with Crippen LogP contribution in [0.4, 0.5) is 5.69 Å². The molecule has 0 unspecified atom stereocenters. The summed E-state index contributed by atoms with van der Waals surface area (Å²) >= 11 is 0. The molecule has 2 aromatic rings. The van der Waals surface area contributed by atoms with E-state index in [1.807, 2.05) is 42.5 Å². The molecule has 2 aromatic carbocycles. The monoisotopic (exact) mass is 327 g/mol. The van der Waals surface area contributed by atoms with Crippen molar-refractivity contribution in [1.29, 1.82) is 0 Å². The normalized spacial score (nSPS) is 20.5. The highest BCUT2D eigenvalue weighted by molar-refractivity contribution is 6.02. The molecule has 2 N–H and O–H groups in total. The molecule has 126 valence electrons. The Morgan fingerprint density at radius 2 is 1.83 bits per heavy atom. The molecule has 1 aliphatic heterocycles. The van der Waals surface area contributed by atoms with Crippen LogP contribution in [-0.2, 0) is 14.3 Å². The van der Waals surface area contributed by atoms with Gasteiger partial charge in [0.15, 0.2) is 6.54 Å². The highest BCUT2D eigenvalue weighted by Gasteiger charge is 2.29. The van der Waals surface area contributed by atoms with Crippen molar-refractivity contribution >= 4 is 28.3 Å². The second-order valence-electron chi connectivity index (χ2n) is 6.30. The highest BCUT2D eigenvalue weighted by atomic mass is 16.5. The van der Waals surface area contributed by atoms with E-state index in [1.165, 1.54) is 12.0 Å². The van der Waals surface area contributed by atoms with Crippen molar-refractivity contribution in [2.75, 3.05) is 32.1 Å². The van der Waals surface area contributed by atoms with Crippen LogP contribution < -0.4 is 10.2 Å². The Kier molecular flexibility index (Phi) is 5.11. The zero-order valence-corrected chi connectivity index (χ0v) is 13.9. The van der Waals surface area contributed by atoms with Crippen LogP contribution in [0.25, 0.3) is 10.8 Å². The van der Waals surface area contributed by atoms with Gasteiger partial charge in [-0.3, -0.25) is 9.59 Å². The lowest BCUT2D eigenvalue weighted by atomic mass is 9.97. The summed E-state index contributed by atoms with van der Waals surface area (Å²) in [5, 5.41) is 5.19. The fraction of sp³-hybridized carbons (Fsp3) is 0.368. The Morgan fingerprint density at radius 1 is 1.12 bits per heavy atom. The fourth-order valence-corrected chi connectivity index (χ4v) is 3.36. The summed E-state index contributed by atoms with van der Waals surface area (Å²) in [6, 6.07) is 13.9. The Balaban J connectivity index is 1.57. The number of methoxy groups -OCH3 is 1. The molecule has 0 aromatic heterocycles. The molecular weight excluding hydrogens is 304 g/mol. The second kappa shape index (κ2) is 7.45. The molecule has 1 saturated heterocycles. The summed E-state index contributed by atoms with van der Waals surface area (Å²) in [4.78, 5) is 25.1. The van der Waals surface area contributed by atoms with Crippen molar-refractivity contribution < 1.29 is 19.2 Å². The van der Waals surface area contributed by atoms with E-state index in [0.29, 0.717) is 6.54 Å². The number of rotatable bonds is 4. The molecule has 1 fully saturated rings. The summed E-state index contributed by atoms with van der Waals surface area (Å²) < 4.78 is 4.80. The number of hydrogen-bond donors (Lipinski definition) is 2. The first-order chi connectivity index (χ1) is 11.7. The van der Waals surface area contributed by atoms with Gasteiger partial charge in [0, 0.05) is 23.9 Å². The van der Waals surface area contributed by atoms with Crippen molar-refractivity contribution in [2.45, 2.75) is 12.8 Å². The van der Waals surface area contributed by atoms with Gasteiger partial charge >= 0.3 is 5.97 Å². The van der Waals surface area contributed by atoms with Crippen molar-refractivity contribution in [1.82, 2.24) is 0 Å². The lowest BCUT2D eigenvalue weighted by Crippen LogP contribution is -3.14. The number of amides is 1. The lowest BCUT2D eigenvalue weighted by molar-refractivity contribution is -0.897. The van der Waals surface area contributed by atoms with E-state index in [0.717, 1.165) is 42.4 Å². The van der Waals surface area contributed by atoms with Crippen LogP contribution in [0.15, 0.2) is 42.5 Å². The predicted molar refractivity (Wildman–Crippen MR) is 92.9 cm³/mol. The van der Waals surface area contributed by atoms with Crippen LogP contribution in [0, 0.1) is 5.92 Å². The van der Waals surface area contributed by atoms with E-state index in [2.05, 4.69) is 5.32 Å². The number of benzene rings is 2. The molecular formula is C19H23N2O3+. The first-order valence-corrected chi connectivity index (χ1v) is 8.36. The van der Waals surface area contributed by atoms with Crippen LogP contribution in [-0.4, -0.2) is 38.6 Å². The van der Waals surface area contributed by atoms with Gasteiger partial charge in [-0.05, 0) is 11.5 Å². The quantitative estimate of drug-likeness (QED) is 0.831. The average molecular weight is 327 g/mol. The zero-order valence-electron chi connectivity index (χ0n) is 13.9. The number of likely N-dealkylation sites (tertiary alicyclic amines) is 1. The number of quaternary nitrogens is 1. The smallest absolute Gasteiger partial charge is 0.309 e. The van der Waals surface area contributed by atoms with E-state index in [4.69, 9.17) is 4.74 Å². The van der Waals surface area contributed by atoms with Gasteiger partial charge in [0.1, 0.15) is 0 Å². The third-order valence-electron chi connectivity index (χ3n) is 4.70. The maximum Gasteiger partial charge on any atom is 0.309 e. The molecule has 1 amide bonds. The standard InChI is InChI=1S/C19H22N2O3/c1-24-19(23)15-9-11-21(12-10-15)13-18(22)20-17-8-4-6-14-5-2-3-7-16(14)17/h2-8,15H,9-13H2,1H3,(H,20,22)/p+1. The largest absolute Gasteiger partial charge is 0.469 e. The summed E-state index contributed by atoms with van der Waals surface area (Å²) in [5.74, 6) is -0.132. The van der Waals surface area contributed by atoms with E-state index in [1.54, 1.807) is 0 Å². The lowest BCUT2D eigenvalue weighted by Gasteiger charge is -2.27. The molecule has 0 aliphatic carbocycles. The van der Waals surface area contributed by atoms with E-state index >= 15 is 0 Å². The number of hydrogen-bond acceptors (Lipinski definition) is 3. The zero-order chi connectivity index (χ0) is 16.9. The van der Waals surface area contributed by atoms with Crippen molar-refractivity contribution in [2.24, 2.45) is 5.92 Å². The number of nitrogens with one attached hydrogen (secondary N) is 2. The molecule has 1 heterocycles. The third-order valence-corrected chi connectivity index (χ3v) is 4.70. The maximum absolute atomic E-state index is 12.4. The minimum atomic E-state index is -0.130.